The molecule has 27 heavy (non-hydrogen) atoms. The number of aryl methyl sites for hydroxylation is 1. The Kier molecular flexibility index (Phi) is 3.73. The van der Waals surface area contributed by atoms with Crippen LogP contribution in [0.5, 0.6) is 0 Å². The fourth-order valence-corrected chi connectivity index (χ4v) is 5.09. The van der Waals surface area contributed by atoms with Crippen LogP contribution in [0.25, 0.3) is 25.9 Å². The number of benzene rings is 3. The highest BCUT2D eigenvalue weighted by atomic mass is 32.1. The van der Waals surface area contributed by atoms with Crippen LogP contribution in [0, 0.1) is 6.92 Å². The van der Waals surface area contributed by atoms with Gasteiger partial charge in [-0.1, -0.05) is 42.5 Å². The quantitative estimate of drug-likeness (QED) is 0.399. The first-order chi connectivity index (χ1) is 13.1. The molecule has 0 radical (unpaired) electrons. The monoisotopic (exact) mass is 370 g/mol. The number of rotatable bonds is 2. The highest BCUT2D eigenvalue weighted by Crippen LogP contribution is 2.38. The Morgan fingerprint density at radius 2 is 1.59 bits per heavy atom. The van der Waals surface area contributed by atoms with Gasteiger partial charge >= 0.3 is 0 Å². The Labute approximate surface area is 164 Å². The van der Waals surface area contributed by atoms with Crippen LogP contribution in [0.4, 0.5) is 5.69 Å². The highest BCUT2D eigenvalue weighted by molar-refractivity contribution is 7.25. The molecule has 134 valence electrons. The molecule has 2 heterocycles. The summed E-state index contributed by atoms with van der Waals surface area (Å²) in [5, 5.41) is 2.70. The first-order valence-electron chi connectivity index (χ1n) is 9.34. The van der Waals surface area contributed by atoms with Gasteiger partial charge in [0.25, 0.3) is 0 Å². The summed E-state index contributed by atoms with van der Waals surface area (Å²) in [7, 11) is 2.19. The van der Waals surface area contributed by atoms with Crippen molar-refractivity contribution in [2.24, 2.45) is 0 Å². The van der Waals surface area contributed by atoms with E-state index >= 15 is 0 Å². The van der Waals surface area contributed by atoms with Crippen molar-refractivity contribution < 1.29 is 0 Å². The lowest BCUT2D eigenvalue weighted by Crippen LogP contribution is -2.34. The molecule has 3 heteroatoms. The van der Waals surface area contributed by atoms with Crippen molar-refractivity contribution in [3.05, 3.63) is 84.1 Å². The van der Waals surface area contributed by atoms with Crippen molar-refractivity contribution in [3.63, 3.8) is 0 Å². The fourth-order valence-electron chi connectivity index (χ4n) is 4.01. The van der Waals surface area contributed by atoms with Crippen molar-refractivity contribution in [3.8, 4) is 0 Å². The Morgan fingerprint density at radius 3 is 2.44 bits per heavy atom. The summed E-state index contributed by atoms with van der Waals surface area (Å²) in [5.74, 6) is 0. The minimum Gasteiger partial charge on any atom is -0.353 e. The Bertz CT molecular complexity index is 1190. The van der Waals surface area contributed by atoms with E-state index < -0.39 is 0 Å². The highest BCUT2D eigenvalue weighted by Gasteiger charge is 2.28. The molecule has 1 unspecified atom stereocenters. The molecule has 3 aromatic carbocycles. The minimum absolute atomic E-state index is 0.288. The van der Waals surface area contributed by atoms with E-state index in [9.17, 15) is 0 Å². The van der Waals surface area contributed by atoms with Gasteiger partial charge in [0, 0.05) is 44.7 Å². The van der Waals surface area contributed by atoms with Crippen molar-refractivity contribution >= 4 is 42.9 Å². The maximum Gasteiger partial charge on any atom is 0.103 e. The lowest BCUT2D eigenvalue weighted by molar-refractivity contribution is 0.399. The predicted molar refractivity (Wildman–Crippen MR) is 118 cm³/mol. The summed E-state index contributed by atoms with van der Waals surface area (Å²) >= 11 is 1.87. The van der Waals surface area contributed by atoms with Gasteiger partial charge in [-0.15, -0.1) is 11.3 Å². The molecular formula is C24H22N2S. The lowest BCUT2D eigenvalue weighted by Gasteiger charge is -2.29. The van der Waals surface area contributed by atoms with Crippen molar-refractivity contribution in [2.75, 3.05) is 11.9 Å². The van der Waals surface area contributed by atoms with Crippen LogP contribution in [-0.4, -0.2) is 18.1 Å². The number of thiophene rings is 1. The molecule has 0 saturated carbocycles. The van der Waals surface area contributed by atoms with Gasteiger partial charge in [-0.2, -0.15) is 0 Å². The summed E-state index contributed by atoms with van der Waals surface area (Å²) in [4.78, 5) is 4.74. The molecule has 0 spiro atoms. The van der Waals surface area contributed by atoms with Gasteiger partial charge in [0.1, 0.15) is 6.17 Å². The third-order valence-electron chi connectivity index (χ3n) is 5.67. The molecular weight excluding hydrogens is 348 g/mol. The maximum atomic E-state index is 2.38. The molecule has 0 aliphatic carbocycles. The minimum atomic E-state index is 0.288. The number of hydrogen-bond acceptors (Lipinski definition) is 3. The van der Waals surface area contributed by atoms with E-state index in [0.29, 0.717) is 0 Å². The van der Waals surface area contributed by atoms with Gasteiger partial charge in [-0.3, -0.25) is 0 Å². The predicted octanol–water partition coefficient (Wildman–Crippen LogP) is 6.46. The zero-order chi connectivity index (χ0) is 18.5. The first-order valence-corrected chi connectivity index (χ1v) is 10.2. The second kappa shape index (κ2) is 6.14. The van der Waals surface area contributed by atoms with Gasteiger partial charge in [0.05, 0.1) is 5.70 Å². The van der Waals surface area contributed by atoms with E-state index in [2.05, 4.69) is 104 Å². The SMILES string of the molecule is Cc1ccccc1N1C=C(c2ccc3sc4ccccc4c3c2)N(C)C1C. The van der Waals surface area contributed by atoms with Gasteiger partial charge in [-0.05, 0) is 43.7 Å². The molecule has 0 fully saturated rings. The van der Waals surface area contributed by atoms with E-state index in [1.807, 2.05) is 11.3 Å². The fraction of sp³-hybridized carbons (Fsp3) is 0.167. The summed E-state index contributed by atoms with van der Waals surface area (Å²) in [5.41, 5.74) is 5.11. The summed E-state index contributed by atoms with van der Waals surface area (Å²) in [6.07, 6.45) is 2.58. The topological polar surface area (TPSA) is 6.48 Å². The molecule has 5 rings (SSSR count). The van der Waals surface area contributed by atoms with E-state index in [4.69, 9.17) is 0 Å². The summed E-state index contributed by atoms with van der Waals surface area (Å²) in [6.45, 7) is 4.44. The number of fused-ring (bicyclic) bond motifs is 3. The molecule has 4 aromatic rings. The van der Waals surface area contributed by atoms with Gasteiger partial charge in [-0.25, -0.2) is 0 Å². The Balaban J connectivity index is 1.64. The van der Waals surface area contributed by atoms with Crippen LogP contribution in [0.3, 0.4) is 0 Å². The largest absolute Gasteiger partial charge is 0.353 e. The van der Waals surface area contributed by atoms with Gasteiger partial charge in [0.2, 0.25) is 0 Å². The second-order valence-electron chi connectivity index (χ2n) is 7.26. The van der Waals surface area contributed by atoms with Crippen molar-refractivity contribution in [2.45, 2.75) is 20.0 Å². The van der Waals surface area contributed by atoms with Crippen LogP contribution < -0.4 is 4.90 Å². The van der Waals surface area contributed by atoms with Crippen LogP contribution in [0.2, 0.25) is 0 Å². The average molecular weight is 371 g/mol. The molecule has 0 N–H and O–H groups in total. The molecule has 0 amide bonds. The van der Waals surface area contributed by atoms with E-state index in [1.165, 1.54) is 42.7 Å². The maximum absolute atomic E-state index is 2.38. The third kappa shape index (κ3) is 2.54. The molecule has 0 saturated heterocycles. The molecule has 2 nitrogen and oxygen atoms in total. The van der Waals surface area contributed by atoms with E-state index in [0.717, 1.165) is 0 Å². The van der Waals surface area contributed by atoms with Crippen LogP contribution in [-0.2, 0) is 0 Å². The smallest absolute Gasteiger partial charge is 0.103 e. The Morgan fingerprint density at radius 1 is 0.852 bits per heavy atom. The third-order valence-corrected chi connectivity index (χ3v) is 6.82. The normalized spacial score (nSPS) is 17.1. The average Bonchev–Trinajstić information content (AvgIpc) is 3.20. The second-order valence-corrected chi connectivity index (χ2v) is 8.34. The lowest BCUT2D eigenvalue weighted by atomic mass is 10.1. The van der Waals surface area contributed by atoms with Crippen molar-refractivity contribution in [1.82, 2.24) is 4.90 Å². The Hall–Kier alpha value is -2.78. The number of nitrogens with zero attached hydrogens (tertiary/aromatic N) is 2. The molecule has 1 aliphatic heterocycles. The zero-order valence-corrected chi connectivity index (χ0v) is 16.6. The molecule has 0 bridgehead atoms. The van der Waals surface area contributed by atoms with Crippen LogP contribution >= 0.6 is 11.3 Å². The molecule has 1 aromatic heterocycles. The van der Waals surface area contributed by atoms with Crippen LogP contribution in [0.15, 0.2) is 72.9 Å². The van der Waals surface area contributed by atoms with Crippen molar-refractivity contribution in [1.29, 1.82) is 0 Å². The first kappa shape index (κ1) is 16.4. The zero-order valence-electron chi connectivity index (χ0n) is 15.8. The summed E-state index contributed by atoms with van der Waals surface area (Å²) in [6, 6.07) is 24.2. The molecule has 1 aliphatic rings. The molecule has 1 atom stereocenters. The van der Waals surface area contributed by atoms with E-state index in [-0.39, 0.29) is 6.17 Å². The number of hydrogen-bond donors (Lipinski definition) is 0. The number of anilines is 1. The summed E-state index contributed by atoms with van der Waals surface area (Å²) < 4.78 is 2.71. The van der Waals surface area contributed by atoms with Crippen LogP contribution in [0.1, 0.15) is 18.1 Å². The number of para-hydroxylation sites is 1. The van der Waals surface area contributed by atoms with Gasteiger partial charge < -0.3 is 9.80 Å². The van der Waals surface area contributed by atoms with E-state index in [1.54, 1.807) is 0 Å². The standard InChI is InChI=1S/C24H22N2S/c1-16-8-4-6-10-21(16)26-15-22(25(3)17(26)2)18-12-13-24-20(14-18)19-9-5-7-11-23(19)27-24/h4-15,17H,1-3H3. The van der Waals surface area contributed by atoms with Gasteiger partial charge in [0.15, 0.2) is 0 Å².